The number of carboxylic acid groups (broad SMARTS) is 1. The minimum Gasteiger partial charge on any atom is -0.495 e. The van der Waals surface area contributed by atoms with Crippen LogP contribution in [-0.2, 0) is 9.59 Å². The molecule has 0 spiro atoms. The molecule has 1 aliphatic heterocycles. The highest BCUT2D eigenvalue weighted by atomic mass is 35.5. The maximum atomic E-state index is 12.2. The molecule has 1 aromatic rings. The molecule has 2 N–H and O–H groups in total. The molecule has 1 atom stereocenters. The Morgan fingerprint density at radius 1 is 1.35 bits per heavy atom. The zero-order valence-corrected chi connectivity index (χ0v) is 13.7. The van der Waals surface area contributed by atoms with Gasteiger partial charge in [-0.05, 0) is 19.4 Å². The third-order valence-electron chi connectivity index (χ3n) is 3.74. The van der Waals surface area contributed by atoms with Gasteiger partial charge in [0.25, 0.3) is 0 Å². The van der Waals surface area contributed by atoms with Crippen molar-refractivity contribution < 1.29 is 24.2 Å². The maximum Gasteiger partial charge on any atom is 0.320 e. The Morgan fingerprint density at radius 2 is 2.04 bits per heavy atom. The normalized spacial score (nSPS) is 17.8. The van der Waals surface area contributed by atoms with E-state index in [1.165, 1.54) is 14.2 Å². The number of hydrogen-bond donors (Lipinski definition) is 2. The van der Waals surface area contributed by atoms with Crippen LogP contribution in [0.3, 0.4) is 0 Å². The van der Waals surface area contributed by atoms with Crippen molar-refractivity contribution in [1.82, 2.24) is 4.90 Å². The van der Waals surface area contributed by atoms with E-state index in [1.54, 1.807) is 17.0 Å². The van der Waals surface area contributed by atoms with Crippen LogP contribution in [0, 0.1) is 0 Å². The number of hydrogen-bond acceptors (Lipinski definition) is 5. The van der Waals surface area contributed by atoms with Gasteiger partial charge in [-0.3, -0.25) is 14.5 Å². The summed E-state index contributed by atoms with van der Waals surface area (Å²) >= 11 is 6.02. The standard InChI is InChI=1S/C15H19ClN2O5/c1-22-12-7-10(13(23-2)6-9(12)16)17-14(19)8-18-5-3-4-11(18)15(20)21/h6-7,11H,3-5,8H2,1-2H3,(H,17,19)(H,20,21). The maximum absolute atomic E-state index is 12.2. The fourth-order valence-corrected chi connectivity index (χ4v) is 2.86. The molecule has 1 unspecified atom stereocenters. The van der Waals surface area contributed by atoms with E-state index in [0.717, 1.165) is 6.42 Å². The van der Waals surface area contributed by atoms with Crippen molar-refractivity contribution in [1.29, 1.82) is 0 Å². The number of likely N-dealkylation sites (tertiary alicyclic amines) is 1. The number of aliphatic carboxylic acids is 1. The average molecular weight is 343 g/mol. The predicted molar refractivity (Wildman–Crippen MR) is 85.4 cm³/mol. The largest absolute Gasteiger partial charge is 0.495 e. The molecule has 2 rings (SSSR count). The molecule has 0 saturated carbocycles. The first-order valence-electron chi connectivity index (χ1n) is 7.14. The number of amides is 1. The van der Waals surface area contributed by atoms with Crippen LogP contribution in [0.15, 0.2) is 12.1 Å². The van der Waals surface area contributed by atoms with Gasteiger partial charge in [0.05, 0.1) is 31.5 Å². The average Bonchev–Trinajstić information content (AvgIpc) is 2.96. The van der Waals surface area contributed by atoms with Crippen molar-refractivity contribution in [2.24, 2.45) is 0 Å². The van der Waals surface area contributed by atoms with E-state index < -0.39 is 12.0 Å². The van der Waals surface area contributed by atoms with Crippen molar-refractivity contribution >= 4 is 29.2 Å². The number of carbonyl (C=O) groups is 2. The number of nitrogens with one attached hydrogen (secondary N) is 1. The summed E-state index contributed by atoms with van der Waals surface area (Å²) in [5.41, 5.74) is 0.421. The molecule has 0 aliphatic carbocycles. The van der Waals surface area contributed by atoms with Crippen LogP contribution in [0.1, 0.15) is 12.8 Å². The molecule has 0 aromatic heterocycles. The molecule has 1 aromatic carbocycles. The Balaban J connectivity index is 2.09. The first-order chi connectivity index (χ1) is 11.0. The van der Waals surface area contributed by atoms with E-state index in [1.807, 2.05) is 0 Å². The van der Waals surface area contributed by atoms with Crippen molar-refractivity contribution in [3.8, 4) is 11.5 Å². The van der Waals surface area contributed by atoms with Crippen LogP contribution in [0.5, 0.6) is 11.5 Å². The molecule has 8 heteroatoms. The Bertz CT molecular complexity index is 608. The van der Waals surface area contributed by atoms with Crippen LogP contribution in [-0.4, -0.2) is 55.2 Å². The van der Waals surface area contributed by atoms with Crippen LogP contribution < -0.4 is 14.8 Å². The number of benzene rings is 1. The van der Waals surface area contributed by atoms with Crippen LogP contribution in [0.2, 0.25) is 5.02 Å². The third kappa shape index (κ3) is 4.05. The molecule has 23 heavy (non-hydrogen) atoms. The van der Waals surface area contributed by atoms with E-state index in [4.69, 9.17) is 26.2 Å². The Morgan fingerprint density at radius 3 is 2.65 bits per heavy atom. The Hall–Kier alpha value is -1.99. The predicted octanol–water partition coefficient (Wildman–Crippen LogP) is 1.84. The van der Waals surface area contributed by atoms with Crippen LogP contribution >= 0.6 is 11.6 Å². The fourth-order valence-electron chi connectivity index (χ4n) is 2.63. The van der Waals surface area contributed by atoms with Gasteiger partial charge < -0.3 is 19.9 Å². The minimum atomic E-state index is -0.902. The molecule has 1 amide bonds. The number of carbonyl (C=O) groups excluding carboxylic acids is 1. The lowest BCUT2D eigenvalue weighted by atomic mass is 10.2. The summed E-state index contributed by atoms with van der Waals surface area (Å²) in [6, 6.07) is 2.51. The highest BCUT2D eigenvalue weighted by Gasteiger charge is 2.31. The molecule has 1 heterocycles. The number of carboxylic acids is 1. The van der Waals surface area contributed by atoms with Gasteiger partial charge in [0.15, 0.2) is 0 Å². The number of halogens is 1. The molecule has 1 aliphatic rings. The molecule has 1 fully saturated rings. The number of methoxy groups -OCH3 is 2. The first kappa shape index (κ1) is 17.4. The van der Waals surface area contributed by atoms with Gasteiger partial charge in [-0.25, -0.2) is 0 Å². The van der Waals surface area contributed by atoms with Gasteiger partial charge in [-0.1, -0.05) is 11.6 Å². The number of nitrogens with zero attached hydrogens (tertiary/aromatic N) is 1. The van der Waals surface area contributed by atoms with Gasteiger partial charge in [-0.15, -0.1) is 0 Å². The SMILES string of the molecule is COc1cc(NC(=O)CN2CCCC2C(=O)O)c(OC)cc1Cl. The smallest absolute Gasteiger partial charge is 0.320 e. The van der Waals surface area contributed by atoms with Crippen LogP contribution in [0.25, 0.3) is 0 Å². The first-order valence-corrected chi connectivity index (χ1v) is 7.52. The number of rotatable bonds is 6. The lowest BCUT2D eigenvalue weighted by molar-refractivity contribution is -0.142. The minimum absolute atomic E-state index is 0.00502. The van der Waals surface area contributed by atoms with Gasteiger partial charge >= 0.3 is 5.97 Å². The lowest BCUT2D eigenvalue weighted by Crippen LogP contribution is -2.40. The van der Waals surface area contributed by atoms with Gasteiger partial charge in [0.1, 0.15) is 17.5 Å². The lowest BCUT2D eigenvalue weighted by Gasteiger charge is -2.20. The summed E-state index contributed by atoms with van der Waals surface area (Å²) in [5.74, 6) is -0.408. The molecule has 0 bridgehead atoms. The molecule has 126 valence electrons. The Labute approximate surface area is 139 Å². The molecule has 7 nitrogen and oxygen atoms in total. The summed E-state index contributed by atoms with van der Waals surface area (Å²) in [6.07, 6.45) is 1.32. The Kier molecular flexibility index (Phi) is 5.68. The highest BCUT2D eigenvalue weighted by molar-refractivity contribution is 6.32. The summed E-state index contributed by atoms with van der Waals surface area (Å²) in [5, 5.41) is 12.2. The second-order valence-corrected chi connectivity index (χ2v) is 5.61. The van der Waals surface area contributed by atoms with Crippen molar-refractivity contribution in [2.75, 3.05) is 32.6 Å². The van der Waals surface area contributed by atoms with Gasteiger partial charge in [-0.2, -0.15) is 0 Å². The second kappa shape index (κ2) is 7.52. The van der Waals surface area contributed by atoms with Crippen molar-refractivity contribution in [3.63, 3.8) is 0 Å². The molecular weight excluding hydrogens is 324 g/mol. The zero-order valence-electron chi connectivity index (χ0n) is 13.0. The van der Waals surface area contributed by atoms with Gasteiger partial charge in [0, 0.05) is 12.1 Å². The van der Waals surface area contributed by atoms with E-state index in [9.17, 15) is 9.59 Å². The number of ether oxygens (including phenoxy) is 2. The molecular formula is C15H19ClN2O5. The molecule has 1 saturated heterocycles. The van der Waals surface area contributed by atoms with E-state index in [2.05, 4.69) is 5.32 Å². The van der Waals surface area contributed by atoms with Crippen molar-refractivity contribution in [2.45, 2.75) is 18.9 Å². The summed E-state index contributed by atoms with van der Waals surface area (Å²) in [6.45, 7) is 0.594. The highest BCUT2D eigenvalue weighted by Crippen LogP contribution is 2.35. The summed E-state index contributed by atoms with van der Waals surface area (Å²) < 4.78 is 10.3. The van der Waals surface area contributed by atoms with Gasteiger partial charge in [0.2, 0.25) is 5.91 Å². The quantitative estimate of drug-likeness (QED) is 0.820. The van der Waals surface area contributed by atoms with Crippen LogP contribution in [0.4, 0.5) is 5.69 Å². The van der Waals surface area contributed by atoms with Crippen molar-refractivity contribution in [3.05, 3.63) is 17.2 Å². The molecule has 0 radical (unpaired) electrons. The van der Waals surface area contributed by atoms with E-state index in [-0.39, 0.29) is 12.5 Å². The second-order valence-electron chi connectivity index (χ2n) is 5.20. The van der Waals surface area contributed by atoms with E-state index in [0.29, 0.717) is 35.2 Å². The van der Waals surface area contributed by atoms with E-state index >= 15 is 0 Å². The summed E-state index contributed by atoms with van der Waals surface area (Å²) in [7, 11) is 2.94. The fraction of sp³-hybridized carbons (Fsp3) is 0.467. The monoisotopic (exact) mass is 342 g/mol. The summed E-state index contributed by atoms with van der Waals surface area (Å²) in [4.78, 5) is 25.0. The number of anilines is 1. The third-order valence-corrected chi connectivity index (χ3v) is 4.04. The topological polar surface area (TPSA) is 88.1 Å². The zero-order chi connectivity index (χ0) is 17.0.